The first-order valence-electron chi connectivity index (χ1n) is 6.01. The molecule has 0 radical (unpaired) electrons. The third-order valence-corrected chi connectivity index (χ3v) is 3.84. The van der Waals surface area contributed by atoms with Crippen LogP contribution in [0.25, 0.3) is 0 Å². The van der Waals surface area contributed by atoms with E-state index < -0.39 is 11.5 Å². The molecule has 1 fully saturated rings. The predicted molar refractivity (Wildman–Crippen MR) is 75.1 cm³/mol. The molecule has 0 aromatic heterocycles. The zero-order chi connectivity index (χ0) is 14.0. The first-order chi connectivity index (χ1) is 8.89. The number of halogens is 1. The SMILES string of the molecule is NC1(CC(=O)Nc2cc(Br)ccc2C(=O)O)CCC1. The predicted octanol–water partition coefficient (Wildman–Crippen LogP) is 2.36. The highest BCUT2D eigenvalue weighted by Gasteiger charge is 2.34. The standard InChI is InChI=1S/C13H15BrN2O3/c14-8-2-3-9(12(18)19)10(6-8)16-11(17)7-13(15)4-1-5-13/h2-3,6H,1,4-5,7,15H2,(H,16,17)(H,18,19). The topological polar surface area (TPSA) is 92.4 Å². The first-order valence-corrected chi connectivity index (χ1v) is 6.80. The average molecular weight is 327 g/mol. The fourth-order valence-corrected chi connectivity index (χ4v) is 2.49. The molecule has 0 heterocycles. The maximum Gasteiger partial charge on any atom is 0.337 e. The summed E-state index contributed by atoms with van der Waals surface area (Å²) in [7, 11) is 0. The van der Waals surface area contributed by atoms with Crippen molar-refractivity contribution in [3.63, 3.8) is 0 Å². The average Bonchev–Trinajstić information content (AvgIpc) is 2.26. The monoisotopic (exact) mass is 326 g/mol. The van der Waals surface area contributed by atoms with E-state index in [1.165, 1.54) is 6.07 Å². The lowest BCUT2D eigenvalue weighted by Gasteiger charge is -2.37. The van der Waals surface area contributed by atoms with Gasteiger partial charge in [-0.15, -0.1) is 0 Å². The molecule has 1 saturated carbocycles. The number of rotatable bonds is 4. The van der Waals surface area contributed by atoms with Crippen LogP contribution in [-0.2, 0) is 4.79 Å². The molecule has 2 rings (SSSR count). The van der Waals surface area contributed by atoms with Crippen molar-refractivity contribution < 1.29 is 14.7 Å². The van der Waals surface area contributed by atoms with Gasteiger partial charge < -0.3 is 16.2 Å². The molecule has 1 aliphatic carbocycles. The largest absolute Gasteiger partial charge is 0.478 e. The zero-order valence-electron chi connectivity index (χ0n) is 10.3. The van der Waals surface area contributed by atoms with E-state index in [9.17, 15) is 9.59 Å². The van der Waals surface area contributed by atoms with Crippen LogP contribution in [0.1, 0.15) is 36.0 Å². The number of hydrogen-bond donors (Lipinski definition) is 3. The molecular weight excluding hydrogens is 312 g/mol. The normalized spacial score (nSPS) is 16.5. The van der Waals surface area contributed by atoms with E-state index in [1.54, 1.807) is 12.1 Å². The summed E-state index contributed by atoms with van der Waals surface area (Å²) in [5, 5.41) is 11.7. The molecule has 0 unspecified atom stereocenters. The van der Waals surface area contributed by atoms with Gasteiger partial charge in [-0.2, -0.15) is 0 Å². The number of aromatic carboxylic acids is 1. The highest BCUT2D eigenvalue weighted by molar-refractivity contribution is 9.10. The Bertz CT molecular complexity index is 527. The Balaban J connectivity index is 2.11. The Morgan fingerprint density at radius 2 is 2.11 bits per heavy atom. The molecule has 0 atom stereocenters. The molecule has 4 N–H and O–H groups in total. The summed E-state index contributed by atoms with van der Waals surface area (Å²) in [5.74, 6) is -1.32. The van der Waals surface area contributed by atoms with Crippen LogP contribution < -0.4 is 11.1 Å². The van der Waals surface area contributed by atoms with Crippen molar-refractivity contribution in [1.29, 1.82) is 0 Å². The summed E-state index contributed by atoms with van der Waals surface area (Å²) >= 11 is 3.25. The Kier molecular flexibility index (Phi) is 3.91. The maximum absolute atomic E-state index is 11.9. The number of carboxylic acids is 1. The molecule has 0 aliphatic heterocycles. The van der Waals surface area contributed by atoms with Gasteiger partial charge in [-0.25, -0.2) is 4.79 Å². The number of carbonyl (C=O) groups excluding carboxylic acids is 1. The number of nitrogens with two attached hydrogens (primary N) is 1. The van der Waals surface area contributed by atoms with Crippen LogP contribution in [0.2, 0.25) is 0 Å². The van der Waals surface area contributed by atoms with Gasteiger partial charge in [0.1, 0.15) is 0 Å². The number of carbonyl (C=O) groups is 2. The zero-order valence-corrected chi connectivity index (χ0v) is 11.9. The van der Waals surface area contributed by atoms with Crippen LogP contribution in [0, 0.1) is 0 Å². The molecule has 0 bridgehead atoms. The van der Waals surface area contributed by atoms with E-state index in [4.69, 9.17) is 10.8 Å². The van der Waals surface area contributed by atoms with E-state index in [0.29, 0.717) is 4.47 Å². The van der Waals surface area contributed by atoms with Crippen molar-refractivity contribution in [3.8, 4) is 0 Å². The van der Waals surface area contributed by atoms with Gasteiger partial charge >= 0.3 is 5.97 Å². The molecule has 1 amide bonds. The van der Waals surface area contributed by atoms with Crippen molar-refractivity contribution in [1.82, 2.24) is 0 Å². The van der Waals surface area contributed by atoms with Gasteiger partial charge in [0.15, 0.2) is 0 Å². The summed E-state index contributed by atoms with van der Waals surface area (Å²) < 4.78 is 0.707. The molecule has 19 heavy (non-hydrogen) atoms. The minimum atomic E-state index is -1.08. The summed E-state index contributed by atoms with van der Waals surface area (Å²) in [6, 6.07) is 4.64. The van der Waals surface area contributed by atoms with Crippen LogP contribution in [0.4, 0.5) is 5.69 Å². The van der Waals surface area contributed by atoms with E-state index >= 15 is 0 Å². The van der Waals surface area contributed by atoms with E-state index in [0.717, 1.165) is 19.3 Å². The molecule has 1 aromatic carbocycles. The summed E-state index contributed by atoms with van der Waals surface area (Å²) in [6.07, 6.45) is 2.94. The lowest BCUT2D eigenvalue weighted by atomic mass is 9.75. The summed E-state index contributed by atoms with van der Waals surface area (Å²) in [5.41, 5.74) is 5.93. The highest BCUT2D eigenvalue weighted by Crippen LogP contribution is 2.32. The smallest absolute Gasteiger partial charge is 0.337 e. The minimum Gasteiger partial charge on any atom is -0.478 e. The van der Waals surface area contributed by atoms with Crippen LogP contribution in [-0.4, -0.2) is 22.5 Å². The van der Waals surface area contributed by atoms with Crippen molar-refractivity contribution >= 4 is 33.5 Å². The number of benzene rings is 1. The quantitative estimate of drug-likeness (QED) is 0.791. The van der Waals surface area contributed by atoms with Crippen molar-refractivity contribution in [2.75, 3.05) is 5.32 Å². The third-order valence-electron chi connectivity index (χ3n) is 3.35. The van der Waals surface area contributed by atoms with Gasteiger partial charge in [-0.1, -0.05) is 15.9 Å². The lowest BCUT2D eigenvalue weighted by molar-refractivity contribution is -0.118. The molecule has 5 nitrogen and oxygen atoms in total. The number of carboxylic acid groups (broad SMARTS) is 1. The van der Waals surface area contributed by atoms with Gasteiger partial charge in [-0.05, 0) is 37.5 Å². The number of anilines is 1. The number of nitrogens with one attached hydrogen (secondary N) is 1. The van der Waals surface area contributed by atoms with E-state index in [-0.39, 0.29) is 23.6 Å². The minimum absolute atomic E-state index is 0.0660. The Hall–Kier alpha value is -1.40. The maximum atomic E-state index is 11.9. The molecule has 6 heteroatoms. The number of amides is 1. The number of hydrogen-bond acceptors (Lipinski definition) is 3. The fourth-order valence-electron chi connectivity index (χ4n) is 2.13. The molecule has 1 aliphatic rings. The van der Waals surface area contributed by atoms with Gasteiger partial charge in [0, 0.05) is 16.4 Å². The molecule has 102 valence electrons. The van der Waals surface area contributed by atoms with Crippen LogP contribution in [0.15, 0.2) is 22.7 Å². The Morgan fingerprint density at radius 3 is 2.63 bits per heavy atom. The summed E-state index contributed by atoms with van der Waals surface area (Å²) in [4.78, 5) is 23.0. The van der Waals surface area contributed by atoms with Gasteiger partial charge in [0.05, 0.1) is 11.3 Å². The molecule has 0 spiro atoms. The Labute approximate surface area is 119 Å². The van der Waals surface area contributed by atoms with Crippen molar-refractivity contribution in [2.45, 2.75) is 31.2 Å². The van der Waals surface area contributed by atoms with Crippen LogP contribution >= 0.6 is 15.9 Å². The van der Waals surface area contributed by atoms with Crippen molar-refractivity contribution in [3.05, 3.63) is 28.2 Å². The molecular formula is C13H15BrN2O3. The third kappa shape index (κ3) is 3.33. The van der Waals surface area contributed by atoms with Gasteiger partial charge in [-0.3, -0.25) is 4.79 Å². The lowest BCUT2D eigenvalue weighted by Crippen LogP contribution is -2.49. The highest BCUT2D eigenvalue weighted by atomic mass is 79.9. The second-order valence-corrected chi connectivity index (χ2v) is 5.85. The second kappa shape index (κ2) is 5.30. The summed E-state index contributed by atoms with van der Waals surface area (Å²) in [6.45, 7) is 0. The first kappa shape index (κ1) is 14.0. The van der Waals surface area contributed by atoms with E-state index in [1.807, 2.05) is 0 Å². The van der Waals surface area contributed by atoms with Gasteiger partial charge in [0.2, 0.25) is 5.91 Å². The van der Waals surface area contributed by atoms with E-state index in [2.05, 4.69) is 21.2 Å². The Morgan fingerprint density at radius 1 is 1.42 bits per heavy atom. The van der Waals surface area contributed by atoms with Gasteiger partial charge in [0.25, 0.3) is 0 Å². The molecule has 0 saturated heterocycles. The van der Waals surface area contributed by atoms with Crippen LogP contribution in [0.5, 0.6) is 0 Å². The van der Waals surface area contributed by atoms with Crippen LogP contribution in [0.3, 0.4) is 0 Å². The fraction of sp³-hybridized carbons (Fsp3) is 0.385. The second-order valence-electron chi connectivity index (χ2n) is 4.94. The molecule has 1 aromatic rings. The van der Waals surface area contributed by atoms with Crippen molar-refractivity contribution in [2.24, 2.45) is 5.73 Å².